The topological polar surface area (TPSA) is 45.1 Å². The first-order valence-electron chi connectivity index (χ1n) is 8.46. The number of aromatic hydroxyl groups is 1. The minimum atomic E-state index is -0.299. The number of nitrogens with one attached hydrogen (secondary N) is 1. The molecule has 0 aliphatic heterocycles. The summed E-state index contributed by atoms with van der Waals surface area (Å²) in [5, 5.41) is 16.3. The second-order valence-corrected chi connectivity index (χ2v) is 7.10. The van der Waals surface area contributed by atoms with Crippen molar-refractivity contribution in [3.8, 4) is 5.75 Å². The summed E-state index contributed by atoms with van der Waals surface area (Å²) in [4.78, 5) is 4.33. The highest BCUT2D eigenvalue weighted by molar-refractivity contribution is 6.35. The van der Waals surface area contributed by atoms with Crippen LogP contribution in [0, 0.1) is 0 Å². The summed E-state index contributed by atoms with van der Waals surface area (Å²) in [6.45, 7) is 0. The molecule has 0 fully saturated rings. The molecule has 134 valence electrons. The summed E-state index contributed by atoms with van der Waals surface area (Å²) in [5.41, 5.74) is 3.06. The third kappa shape index (κ3) is 3.70. The Bertz CT molecular complexity index is 1080. The zero-order valence-electron chi connectivity index (χ0n) is 14.2. The van der Waals surface area contributed by atoms with Gasteiger partial charge in [0, 0.05) is 32.9 Å². The van der Waals surface area contributed by atoms with Crippen molar-refractivity contribution in [2.45, 2.75) is 6.04 Å². The SMILES string of the molecule is Oc1c([C@@H](Nc2cc(Cl)cc(Cl)c2)c2ccccc2)ccc2cccnc12. The van der Waals surface area contributed by atoms with Gasteiger partial charge >= 0.3 is 0 Å². The van der Waals surface area contributed by atoms with E-state index in [2.05, 4.69) is 10.3 Å². The predicted molar refractivity (Wildman–Crippen MR) is 112 cm³/mol. The highest BCUT2D eigenvalue weighted by atomic mass is 35.5. The van der Waals surface area contributed by atoms with E-state index < -0.39 is 0 Å². The minimum Gasteiger partial charge on any atom is -0.505 e. The number of rotatable bonds is 4. The number of nitrogens with zero attached hydrogens (tertiary/aromatic N) is 1. The molecule has 0 bridgehead atoms. The summed E-state index contributed by atoms with van der Waals surface area (Å²) < 4.78 is 0. The lowest BCUT2D eigenvalue weighted by Crippen LogP contribution is -2.13. The van der Waals surface area contributed by atoms with Crippen LogP contribution in [0.5, 0.6) is 5.75 Å². The molecule has 4 rings (SSSR count). The van der Waals surface area contributed by atoms with Crippen molar-refractivity contribution in [1.29, 1.82) is 0 Å². The van der Waals surface area contributed by atoms with Crippen molar-refractivity contribution in [3.63, 3.8) is 0 Å². The molecule has 0 unspecified atom stereocenters. The van der Waals surface area contributed by atoms with Gasteiger partial charge in [-0.3, -0.25) is 4.98 Å². The summed E-state index contributed by atoms with van der Waals surface area (Å²) >= 11 is 12.3. The number of aromatic nitrogens is 1. The van der Waals surface area contributed by atoms with Crippen LogP contribution in [-0.4, -0.2) is 10.1 Å². The minimum absolute atomic E-state index is 0.155. The van der Waals surface area contributed by atoms with Crippen LogP contribution in [0.15, 0.2) is 79.0 Å². The second kappa shape index (κ2) is 7.47. The van der Waals surface area contributed by atoms with Crippen molar-refractivity contribution >= 4 is 39.8 Å². The highest BCUT2D eigenvalue weighted by Gasteiger charge is 2.20. The molecule has 0 saturated carbocycles. The van der Waals surface area contributed by atoms with Crippen LogP contribution in [0.3, 0.4) is 0 Å². The average Bonchev–Trinajstić information content (AvgIpc) is 2.67. The molecule has 0 aliphatic rings. The number of phenolic OH excluding ortho intramolecular Hbond substituents is 1. The fourth-order valence-electron chi connectivity index (χ4n) is 3.17. The molecule has 0 aliphatic carbocycles. The smallest absolute Gasteiger partial charge is 0.147 e. The molecule has 3 nitrogen and oxygen atoms in total. The molecular weight excluding hydrogens is 379 g/mol. The van der Waals surface area contributed by atoms with E-state index in [9.17, 15) is 5.11 Å². The van der Waals surface area contributed by atoms with Crippen molar-refractivity contribution in [3.05, 3.63) is 100 Å². The molecule has 27 heavy (non-hydrogen) atoms. The van der Waals surface area contributed by atoms with Crippen LogP contribution in [0.2, 0.25) is 10.0 Å². The lowest BCUT2D eigenvalue weighted by Gasteiger charge is -2.23. The molecule has 0 amide bonds. The first-order valence-corrected chi connectivity index (χ1v) is 9.21. The van der Waals surface area contributed by atoms with Gasteiger partial charge in [0.2, 0.25) is 0 Å². The zero-order valence-corrected chi connectivity index (χ0v) is 15.7. The third-order valence-corrected chi connectivity index (χ3v) is 4.83. The number of pyridine rings is 1. The van der Waals surface area contributed by atoms with Crippen molar-refractivity contribution in [2.75, 3.05) is 5.32 Å². The Kier molecular flexibility index (Phi) is 4.88. The van der Waals surface area contributed by atoms with Gasteiger partial charge in [-0.25, -0.2) is 0 Å². The number of hydrogen-bond acceptors (Lipinski definition) is 3. The Labute approximate surface area is 167 Å². The number of anilines is 1. The Morgan fingerprint density at radius 3 is 2.33 bits per heavy atom. The van der Waals surface area contributed by atoms with E-state index in [4.69, 9.17) is 23.2 Å². The fourth-order valence-corrected chi connectivity index (χ4v) is 3.69. The molecule has 0 saturated heterocycles. The van der Waals surface area contributed by atoms with Gasteiger partial charge in [0.05, 0.1) is 6.04 Å². The second-order valence-electron chi connectivity index (χ2n) is 6.22. The maximum Gasteiger partial charge on any atom is 0.147 e. The first kappa shape index (κ1) is 17.7. The van der Waals surface area contributed by atoms with Gasteiger partial charge in [0.25, 0.3) is 0 Å². The Balaban J connectivity index is 1.85. The van der Waals surface area contributed by atoms with E-state index in [0.717, 1.165) is 22.2 Å². The predicted octanol–water partition coefficient (Wildman–Crippen LogP) is 6.45. The van der Waals surface area contributed by atoms with Crippen LogP contribution in [-0.2, 0) is 0 Å². The van der Waals surface area contributed by atoms with E-state index in [1.165, 1.54) is 0 Å². The normalized spacial score (nSPS) is 12.1. The summed E-state index contributed by atoms with van der Waals surface area (Å²) in [7, 11) is 0. The number of phenols is 1. The first-order chi connectivity index (χ1) is 13.1. The molecule has 0 spiro atoms. The summed E-state index contributed by atoms with van der Waals surface area (Å²) in [5.74, 6) is 0.155. The van der Waals surface area contributed by atoms with Crippen LogP contribution in [0.1, 0.15) is 17.2 Å². The average molecular weight is 395 g/mol. The van der Waals surface area contributed by atoms with Gasteiger partial charge in [-0.2, -0.15) is 0 Å². The fraction of sp³-hybridized carbons (Fsp3) is 0.0455. The lowest BCUT2D eigenvalue weighted by atomic mass is 9.96. The van der Waals surface area contributed by atoms with Crippen LogP contribution in [0.25, 0.3) is 10.9 Å². The lowest BCUT2D eigenvalue weighted by molar-refractivity contribution is 0.472. The zero-order chi connectivity index (χ0) is 18.8. The van der Waals surface area contributed by atoms with Crippen LogP contribution >= 0.6 is 23.2 Å². The Morgan fingerprint density at radius 2 is 1.59 bits per heavy atom. The molecule has 2 N–H and O–H groups in total. The quantitative estimate of drug-likeness (QED) is 0.418. The molecule has 5 heteroatoms. The Morgan fingerprint density at radius 1 is 0.852 bits per heavy atom. The van der Waals surface area contributed by atoms with Crippen molar-refractivity contribution < 1.29 is 5.11 Å². The van der Waals surface area contributed by atoms with Gasteiger partial charge in [-0.15, -0.1) is 0 Å². The van der Waals surface area contributed by atoms with E-state index in [-0.39, 0.29) is 11.8 Å². The van der Waals surface area contributed by atoms with Crippen LogP contribution < -0.4 is 5.32 Å². The highest BCUT2D eigenvalue weighted by Crippen LogP contribution is 2.37. The Hall–Kier alpha value is -2.75. The van der Waals surface area contributed by atoms with Gasteiger partial charge < -0.3 is 10.4 Å². The number of hydrogen-bond donors (Lipinski definition) is 2. The number of benzene rings is 3. The third-order valence-electron chi connectivity index (χ3n) is 4.40. The molecular formula is C22H16Cl2N2O. The van der Waals surface area contributed by atoms with E-state index in [1.54, 1.807) is 24.4 Å². The van der Waals surface area contributed by atoms with Crippen molar-refractivity contribution in [2.24, 2.45) is 0 Å². The summed E-state index contributed by atoms with van der Waals surface area (Å²) in [6, 6.07) is 22.5. The van der Waals surface area contributed by atoms with Gasteiger partial charge in [-0.05, 0) is 29.8 Å². The summed E-state index contributed by atoms with van der Waals surface area (Å²) in [6.07, 6.45) is 1.67. The number of halogens is 2. The molecule has 0 radical (unpaired) electrons. The van der Waals surface area contributed by atoms with Gasteiger partial charge in [0.1, 0.15) is 11.3 Å². The van der Waals surface area contributed by atoms with E-state index >= 15 is 0 Å². The molecule has 3 aromatic carbocycles. The van der Waals surface area contributed by atoms with Crippen molar-refractivity contribution in [1.82, 2.24) is 4.98 Å². The van der Waals surface area contributed by atoms with Gasteiger partial charge in [0.15, 0.2) is 0 Å². The van der Waals surface area contributed by atoms with Gasteiger partial charge in [-0.1, -0.05) is 71.7 Å². The standard InChI is InChI=1S/C22H16Cl2N2O/c23-16-11-17(24)13-18(12-16)26-20(14-5-2-1-3-6-14)19-9-8-15-7-4-10-25-21(15)22(19)27/h1-13,20,26-27H/t20-/m0/s1. The molecule has 1 heterocycles. The largest absolute Gasteiger partial charge is 0.505 e. The van der Waals surface area contributed by atoms with Crippen LogP contribution in [0.4, 0.5) is 5.69 Å². The van der Waals surface area contributed by atoms with E-state index in [1.807, 2.05) is 54.6 Å². The maximum absolute atomic E-state index is 10.9. The molecule has 1 aromatic heterocycles. The monoisotopic (exact) mass is 394 g/mol. The molecule has 1 atom stereocenters. The molecule has 4 aromatic rings. The number of fused-ring (bicyclic) bond motifs is 1. The van der Waals surface area contributed by atoms with E-state index in [0.29, 0.717) is 15.6 Å². The maximum atomic E-state index is 10.9.